The van der Waals surface area contributed by atoms with Crippen LogP contribution in [0.2, 0.25) is 0 Å². The average molecular weight is 323 g/mol. The van der Waals surface area contributed by atoms with Crippen molar-refractivity contribution in [3.8, 4) is 40.1 Å². The highest BCUT2D eigenvalue weighted by molar-refractivity contribution is 5.94. The van der Waals surface area contributed by atoms with Crippen LogP contribution in [0.15, 0.2) is 54.6 Å². The summed E-state index contributed by atoms with van der Waals surface area (Å²) in [6, 6.07) is 21.5. The van der Waals surface area contributed by atoms with Crippen LogP contribution in [0.25, 0.3) is 22.3 Å². The molecular weight excluding hydrogens is 310 g/mol. The quantitative estimate of drug-likeness (QED) is 0.679. The Morgan fingerprint density at radius 1 is 0.840 bits per heavy atom. The average Bonchev–Trinajstić information content (AvgIpc) is 2.67. The summed E-state index contributed by atoms with van der Waals surface area (Å²) in [5.74, 6) is 0.717. The summed E-state index contributed by atoms with van der Waals surface area (Å²) in [5, 5.41) is 19.4. The number of nitrogens with zero attached hydrogens (tertiary/aromatic N) is 2. The molecule has 3 aromatic carbocycles. The molecule has 0 amide bonds. The highest BCUT2D eigenvalue weighted by atomic mass is 16.5. The van der Waals surface area contributed by atoms with Crippen LogP contribution in [0.1, 0.15) is 16.7 Å². The zero-order valence-electron chi connectivity index (χ0n) is 13.3. The van der Waals surface area contributed by atoms with E-state index in [0.717, 1.165) is 33.6 Å². The first kappa shape index (κ1) is 14.8. The van der Waals surface area contributed by atoms with E-state index in [1.54, 1.807) is 0 Å². The van der Waals surface area contributed by atoms with Crippen molar-refractivity contribution in [2.24, 2.45) is 0 Å². The van der Waals surface area contributed by atoms with Gasteiger partial charge in [0.1, 0.15) is 24.5 Å². The third kappa shape index (κ3) is 2.13. The van der Waals surface area contributed by atoms with Crippen LogP contribution >= 0.6 is 0 Å². The Kier molecular flexibility index (Phi) is 3.38. The van der Waals surface area contributed by atoms with Crippen LogP contribution in [-0.2, 0) is 6.61 Å². The number of nitrogens with two attached hydrogens (primary N) is 1. The van der Waals surface area contributed by atoms with Crippen molar-refractivity contribution in [2.75, 3.05) is 5.73 Å². The molecule has 3 aromatic rings. The van der Waals surface area contributed by atoms with E-state index in [-0.39, 0.29) is 5.69 Å². The Hall–Kier alpha value is -3.76. The lowest BCUT2D eigenvalue weighted by molar-refractivity contribution is 0.303. The normalized spacial score (nSPS) is 11.4. The first-order valence-electron chi connectivity index (χ1n) is 7.82. The second-order valence-electron chi connectivity index (χ2n) is 5.77. The highest BCUT2D eigenvalue weighted by Crippen LogP contribution is 2.47. The monoisotopic (exact) mass is 323 g/mol. The minimum atomic E-state index is 0.222. The molecule has 0 aromatic heterocycles. The number of nitriles is 2. The maximum atomic E-state index is 9.70. The number of hydrogen-bond acceptors (Lipinski definition) is 4. The van der Waals surface area contributed by atoms with Crippen LogP contribution in [0.4, 0.5) is 5.69 Å². The van der Waals surface area contributed by atoms with Gasteiger partial charge in [-0.05, 0) is 11.6 Å². The topological polar surface area (TPSA) is 82.8 Å². The van der Waals surface area contributed by atoms with Crippen molar-refractivity contribution in [1.29, 1.82) is 10.5 Å². The van der Waals surface area contributed by atoms with Gasteiger partial charge < -0.3 is 10.5 Å². The number of anilines is 1. The summed E-state index contributed by atoms with van der Waals surface area (Å²) >= 11 is 0. The van der Waals surface area contributed by atoms with Gasteiger partial charge in [0.15, 0.2) is 0 Å². The molecule has 1 aliphatic heterocycles. The van der Waals surface area contributed by atoms with Gasteiger partial charge in [0.05, 0.1) is 16.8 Å². The van der Waals surface area contributed by atoms with Gasteiger partial charge in [-0.15, -0.1) is 0 Å². The Morgan fingerprint density at radius 3 is 2.20 bits per heavy atom. The molecule has 0 saturated heterocycles. The fourth-order valence-corrected chi connectivity index (χ4v) is 3.37. The van der Waals surface area contributed by atoms with Crippen LogP contribution in [0.3, 0.4) is 0 Å². The molecule has 4 rings (SSSR count). The van der Waals surface area contributed by atoms with Crippen molar-refractivity contribution in [3.63, 3.8) is 0 Å². The molecule has 0 fully saturated rings. The molecule has 0 spiro atoms. The second kappa shape index (κ2) is 5.70. The predicted octanol–water partition coefficient (Wildman–Crippen LogP) is 4.24. The molecule has 0 aliphatic carbocycles. The summed E-state index contributed by atoms with van der Waals surface area (Å²) in [5.41, 5.74) is 11.2. The van der Waals surface area contributed by atoms with Gasteiger partial charge in [0.25, 0.3) is 0 Å². The molecule has 0 radical (unpaired) electrons. The molecule has 1 heterocycles. The molecule has 0 unspecified atom stereocenters. The van der Waals surface area contributed by atoms with Crippen LogP contribution in [-0.4, -0.2) is 0 Å². The van der Waals surface area contributed by atoms with Crippen molar-refractivity contribution in [2.45, 2.75) is 6.61 Å². The van der Waals surface area contributed by atoms with E-state index in [1.165, 1.54) is 0 Å². The van der Waals surface area contributed by atoms with E-state index in [0.29, 0.717) is 17.7 Å². The van der Waals surface area contributed by atoms with Gasteiger partial charge in [0, 0.05) is 22.3 Å². The Bertz CT molecular complexity index is 1040. The lowest BCUT2D eigenvalue weighted by Crippen LogP contribution is -2.12. The maximum Gasteiger partial charge on any atom is 0.127 e. The van der Waals surface area contributed by atoms with E-state index in [1.807, 2.05) is 54.6 Å². The van der Waals surface area contributed by atoms with E-state index in [9.17, 15) is 10.5 Å². The van der Waals surface area contributed by atoms with Crippen LogP contribution < -0.4 is 10.5 Å². The van der Waals surface area contributed by atoms with Gasteiger partial charge >= 0.3 is 0 Å². The SMILES string of the molecule is N#Cc1c(N)c(C#N)c2c(c1-c1ccccc1)COc1ccccc1-2. The van der Waals surface area contributed by atoms with E-state index >= 15 is 0 Å². The van der Waals surface area contributed by atoms with E-state index in [4.69, 9.17) is 10.5 Å². The fourth-order valence-electron chi connectivity index (χ4n) is 3.37. The Labute approximate surface area is 145 Å². The number of ether oxygens (including phenoxy) is 1. The summed E-state index contributed by atoms with van der Waals surface area (Å²) in [6.45, 7) is 0.292. The van der Waals surface area contributed by atoms with E-state index in [2.05, 4.69) is 12.1 Å². The molecule has 25 heavy (non-hydrogen) atoms. The molecule has 0 bridgehead atoms. The number of hydrogen-bond donors (Lipinski definition) is 1. The first-order chi connectivity index (χ1) is 12.3. The van der Waals surface area contributed by atoms with Crippen molar-refractivity contribution in [3.05, 3.63) is 71.3 Å². The summed E-state index contributed by atoms with van der Waals surface area (Å²) in [7, 11) is 0. The number of rotatable bonds is 1. The Morgan fingerprint density at radius 2 is 1.48 bits per heavy atom. The predicted molar refractivity (Wildman–Crippen MR) is 95.5 cm³/mol. The summed E-state index contributed by atoms with van der Waals surface area (Å²) in [6.07, 6.45) is 0. The molecule has 2 N–H and O–H groups in total. The van der Waals surface area contributed by atoms with Gasteiger partial charge in [0.2, 0.25) is 0 Å². The smallest absolute Gasteiger partial charge is 0.127 e. The lowest BCUT2D eigenvalue weighted by Gasteiger charge is -2.26. The lowest BCUT2D eigenvalue weighted by atomic mass is 9.83. The number of benzene rings is 3. The molecule has 1 aliphatic rings. The molecular formula is C21H13N3O. The van der Waals surface area contributed by atoms with Gasteiger partial charge in [-0.1, -0.05) is 48.5 Å². The van der Waals surface area contributed by atoms with Gasteiger partial charge in [-0.2, -0.15) is 10.5 Å². The Balaban J connectivity index is 2.18. The number of fused-ring (bicyclic) bond motifs is 3. The van der Waals surface area contributed by atoms with Crippen molar-refractivity contribution < 1.29 is 4.74 Å². The molecule has 4 heteroatoms. The highest BCUT2D eigenvalue weighted by Gasteiger charge is 2.28. The molecule has 4 nitrogen and oxygen atoms in total. The zero-order chi connectivity index (χ0) is 17.4. The standard InChI is InChI=1S/C21H13N3O/c22-10-15-19(13-6-2-1-3-7-13)17-12-25-18-9-5-4-8-14(18)20(17)16(11-23)21(15)24/h1-9H,12,24H2. The summed E-state index contributed by atoms with van der Waals surface area (Å²) in [4.78, 5) is 0. The minimum absolute atomic E-state index is 0.222. The summed E-state index contributed by atoms with van der Waals surface area (Å²) < 4.78 is 5.89. The molecule has 0 atom stereocenters. The van der Waals surface area contributed by atoms with Crippen molar-refractivity contribution >= 4 is 5.69 Å². The van der Waals surface area contributed by atoms with Gasteiger partial charge in [-0.25, -0.2) is 0 Å². The fraction of sp³-hybridized carbons (Fsp3) is 0.0476. The van der Waals surface area contributed by atoms with Gasteiger partial charge in [-0.3, -0.25) is 0 Å². The second-order valence-corrected chi connectivity index (χ2v) is 5.77. The van der Waals surface area contributed by atoms with E-state index < -0.39 is 0 Å². The van der Waals surface area contributed by atoms with Crippen LogP contribution in [0.5, 0.6) is 5.75 Å². The van der Waals surface area contributed by atoms with Crippen molar-refractivity contribution in [1.82, 2.24) is 0 Å². The number of para-hydroxylation sites is 1. The van der Waals surface area contributed by atoms with Crippen LogP contribution in [0, 0.1) is 22.7 Å². The first-order valence-corrected chi connectivity index (χ1v) is 7.82. The zero-order valence-corrected chi connectivity index (χ0v) is 13.3. The molecule has 118 valence electrons. The third-order valence-corrected chi connectivity index (χ3v) is 4.46. The molecule has 0 saturated carbocycles. The minimum Gasteiger partial charge on any atom is -0.488 e. The third-order valence-electron chi connectivity index (χ3n) is 4.46. The largest absolute Gasteiger partial charge is 0.488 e. The maximum absolute atomic E-state index is 9.70. The number of nitrogen functional groups attached to an aromatic ring is 1.